The molecule has 3 nitrogen and oxygen atoms in total. The van der Waals surface area contributed by atoms with E-state index < -0.39 is 0 Å². The summed E-state index contributed by atoms with van der Waals surface area (Å²) in [6.45, 7) is 5.50. The zero-order valence-electron chi connectivity index (χ0n) is 9.29. The number of benzene rings is 1. The fourth-order valence-corrected chi connectivity index (χ4v) is 1.36. The molecule has 0 fully saturated rings. The lowest BCUT2D eigenvalue weighted by Crippen LogP contribution is -2.04. The van der Waals surface area contributed by atoms with E-state index in [9.17, 15) is 4.79 Å². The van der Waals surface area contributed by atoms with E-state index in [0.717, 1.165) is 16.6 Å². The highest BCUT2D eigenvalue weighted by Crippen LogP contribution is 2.21. The third-order valence-corrected chi connectivity index (χ3v) is 1.90. The van der Waals surface area contributed by atoms with Crippen molar-refractivity contribution in [3.8, 4) is 0 Å². The van der Waals surface area contributed by atoms with Crippen molar-refractivity contribution in [2.45, 2.75) is 20.8 Å². The minimum absolute atomic E-state index is 0.0512. The first-order chi connectivity index (χ1) is 7.27. The van der Waals surface area contributed by atoms with Crippen LogP contribution in [0.5, 0.6) is 0 Å². The molecule has 0 atom stereocenters. The van der Waals surface area contributed by atoms with Gasteiger partial charge < -0.3 is 10.3 Å². The van der Waals surface area contributed by atoms with Crippen LogP contribution in [0.1, 0.15) is 20.8 Å². The Morgan fingerprint density at radius 1 is 1.27 bits per heavy atom. The Kier molecular flexibility index (Phi) is 3.92. The minimum Gasteiger partial charge on any atom is -0.359 e. The number of aromatic nitrogens is 1. The lowest BCUT2D eigenvalue weighted by atomic mass is 10.2. The van der Waals surface area contributed by atoms with Gasteiger partial charge in [0, 0.05) is 24.0 Å². The predicted molar refractivity (Wildman–Crippen MR) is 64.0 cm³/mol. The first-order valence-corrected chi connectivity index (χ1v) is 5.11. The number of amides is 1. The van der Waals surface area contributed by atoms with E-state index in [1.165, 1.54) is 6.92 Å². The molecule has 80 valence electrons. The van der Waals surface area contributed by atoms with Crippen LogP contribution >= 0.6 is 0 Å². The van der Waals surface area contributed by atoms with Gasteiger partial charge in [0.2, 0.25) is 5.91 Å². The maximum Gasteiger partial charge on any atom is 0.221 e. The van der Waals surface area contributed by atoms with Crippen LogP contribution in [0.15, 0.2) is 30.5 Å². The summed E-state index contributed by atoms with van der Waals surface area (Å²) >= 11 is 0. The molecule has 0 aliphatic rings. The van der Waals surface area contributed by atoms with Crippen LogP contribution in [0.25, 0.3) is 10.9 Å². The van der Waals surface area contributed by atoms with Crippen molar-refractivity contribution in [1.29, 1.82) is 0 Å². The lowest BCUT2D eigenvalue weighted by Gasteiger charge is -1.97. The molecular formula is C12H16N2O. The lowest BCUT2D eigenvalue weighted by molar-refractivity contribution is -0.114. The summed E-state index contributed by atoms with van der Waals surface area (Å²) in [5.41, 5.74) is 1.87. The van der Waals surface area contributed by atoms with Crippen LogP contribution < -0.4 is 5.32 Å². The zero-order chi connectivity index (χ0) is 11.3. The molecule has 0 aliphatic heterocycles. The minimum atomic E-state index is -0.0512. The van der Waals surface area contributed by atoms with E-state index in [2.05, 4.69) is 10.3 Å². The van der Waals surface area contributed by atoms with Crippen molar-refractivity contribution in [2.75, 3.05) is 5.32 Å². The van der Waals surface area contributed by atoms with Gasteiger partial charge in [-0.05, 0) is 6.07 Å². The number of nitrogens with one attached hydrogen (secondary N) is 2. The Labute approximate surface area is 89.5 Å². The van der Waals surface area contributed by atoms with Crippen LogP contribution in [0.2, 0.25) is 0 Å². The predicted octanol–water partition coefficient (Wildman–Crippen LogP) is 3.15. The van der Waals surface area contributed by atoms with Gasteiger partial charge in [-0.3, -0.25) is 4.79 Å². The van der Waals surface area contributed by atoms with Crippen molar-refractivity contribution in [3.63, 3.8) is 0 Å². The third kappa shape index (κ3) is 2.59. The fraction of sp³-hybridized carbons (Fsp3) is 0.250. The summed E-state index contributed by atoms with van der Waals surface area (Å²) in [7, 11) is 0. The van der Waals surface area contributed by atoms with Gasteiger partial charge in [-0.15, -0.1) is 0 Å². The highest BCUT2D eigenvalue weighted by Gasteiger charge is 2.02. The molecule has 0 spiro atoms. The first-order valence-electron chi connectivity index (χ1n) is 5.11. The molecule has 0 aliphatic carbocycles. The van der Waals surface area contributed by atoms with Gasteiger partial charge in [0.05, 0.1) is 5.69 Å². The standard InChI is InChI=1S/C10H10N2O.C2H6/c1-7(13)12-10-6-11-9-5-3-2-4-8(9)10;1-2/h2-6,11H,1H3,(H,12,13);1-2H3. The van der Waals surface area contributed by atoms with Gasteiger partial charge in [0.1, 0.15) is 0 Å². The van der Waals surface area contributed by atoms with Gasteiger partial charge in [-0.2, -0.15) is 0 Å². The number of anilines is 1. The smallest absolute Gasteiger partial charge is 0.221 e. The molecule has 0 bridgehead atoms. The third-order valence-electron chi connectivity index (χ3n) is 1.90. The van der Waals surface area contributed by atoms with Crippen molar-refractivity contribution in [2.24, 2.45) is 0 Å². The van der Waals surface area contributed by atoms with E-state index in [1.54, 1.807) is 6.20 Å². The molecule has 1 amide bonds. The average Bonchev–Trinajstić information content (AvgIpc) is 2.64. The molecule has 2 aromatic rings. The van der Waals surface area contributed by atoms with E-state index in [-0.39, 0.29) is 5.91 Å². The number of hydrogen-bond acceptors (Lipinski definition) is 1. The topological polar surface area (TPSA) is 44.9 Å². The van der Waals surface area contributed by atoms with Crippen LogP contribution in [0, 0.1) is 0 Å². The monoisotopic (exact) mass is 204 g/mol. The maximum atomic E-state index is 10.8. The zero-order valence-corrected chi connectivity index (χ0v) is 9.29. The molecule has 0 radical (unpaired) electrons. The summed E-state index contributed by atoms with van der Waals surface area (Å²) in [6.07, 6.45) is 1.80. The van der Waals surface area contributed by atoms with E-state index in [4.69, 9.17) is 0 Å². The van der Waals surface area contributed by atoms with Crippen LogP contribution in [-0.4, -0.2) is 10.9 Å². The molecular weight excluding hydrogens is 188 g/mol. The Hall–Kier alpha value is -1.77. The Balaban J connectivity index is 0.000000531. The molecule has 15 heavy (non-hydrogen) atoms. The largest absolute Gasteiger partial charge is 0.359 e. The van der Waals surface area contributed by atoms with Crippen LogP contribution in [0.4, 0.5) is 5.69 Å². The van der Waals surface area contributed by atoms with E-state index in [1.807, 2.05) is 38.1 Å². The van der Waals surface area contributed by atoms with Crippen LogP contribution in [0.3, 0.4) is 0 Å². The Morgan fingerprint density at radius 2 is 1.93 bits per heavy atom. The normalized spacial score (nSPS) is 9.27. The van der Waals surface area contributed by atoms with E-state index in [0.29, 0.717) is 0 Å². The van der Waals surface area contributed by atoms with Crippen molar-refractivity contribution < 1.29 is 4.79 Å². The number of H-pyrrole nitrogens is 1. The highest BCUT2D eigenvalue weighted by molar-refractivity contribution is 6.00. The molecule has 2 rings (SSSR count). The van der Waals surface area contributed by atoms with Gasteiger partial charge in [0.15, 0.2) is 0 Å². The molecule has 0 unspecified atom stereocenters. The fourth-order valence-electron chi connectivity index (χ4n) is 1.36. The van der Waals surface area contributed by atoms with Crippen molar-refractivity contribution in [3.05, 3.63) is 30.5 Å². The summed E-state index contributed by atoms with van der Waals surface area (Å²) in [5, 5.41) is 3.80. The molecule has 0 saturated carbocycles. The van der Waals surface area contributed by atoms with E-state index >= 15 is 0 Å². The summed E-state index contributed by atoms with van der Waals surface area (Å²) < 4.78 is 0. The molecule has 1 heterocycles. The SMILES string of the molecule is CC.CC(=O)Nc1c[nH]c2ccccc12. The Bertz CT molecular complexity index is 446. The second-order valence-electron chi connectivity index (χ2n) is 2.93. The molecule has 1 aromatic carbocycles. The second kappa shape index (κ2) is 5.20. The first kappa shape index (κ1) is 11.3. The maximum absolute atomic E-state index is 10.8. The number of aromatic amines is 1. The Morgan fingerprint density at radius 3 is 2.60 bits per heavy atom. The number of hydrogen-bond donors (Lipinski definition) is 2. The summed E-state index contributed by atoms with van der Waals surface area (Å²) in [4.78, 5) is 13.9. The molecule has 0 saturated heterocycles. The molecule has 2 N–H and O–H groups in total. The highest BCUT2D eigenvalue weighted by atomic mass is 16.1. The van der Waals surface area contributed by atoms with Crippen LogP contribution in [-0.2, 0) is 4.79 Å². The molecule has 1 aromatic heterocycles. The number of para-hydroxylation sites is 1. The summed E-state index contributed by atoms with van der Waals surface area (Å²) in [5.74, 6) is -0.0512. The second-order valence-corrected chi connectivity index (χ2v) is 2.93. The van der Waals surface area contributed by atoms with Crippen molar-refractivity contribution >= 4 is 22.5 Å². The number of fused-ring (bicyclic) bond motifs is 1. The number of carbonyl (C=O) groups excluding carboxylic acids is 1. The van der Waals surface area contributed by atoms with Gasteiger partial charge >= 0.3 is 0 Å². The van der Waals surface area contributed by atoms with Crippen molar-refractivity contribution in [1.82, 2.24) is 4.98 Å². The van der Waals surface area contributed by atoms with Gasteiger partial charge in [-0.25, -0.2) is 0 Å². The number of carbonyl (C=O) groups is 1. The quantitative estimate of drug-likeness (QED) is 0.736. The average molecular weight is 204 g/mol. The van der Waals surface area contributed by atoms with Gasteiger partial charge in [0.25, 0.3) is 0 Å². The van der Waals surface area contributed by atoms with Gasteiger partial charge in [-0.1, -0.05) is 32.0 Å². The molecule has 3 heteroatoms. The summed E-state index contributed by atoms with van der Waals surface area (Å²) in [6, 6.07) is 7.84. The number of rotatable bonds is 1.